The third-order valence-electron chi connectivity index (χ3n) is 2.14. The fraction of sp³-hybridized carbons (Fsp3) is 0.364. The molecule has 1 aromatic carbocycles. The predicted molar refractivity (Wildman–Crippen MR) is 57.3 cm³/mol. The number of rotatable bonds is 4. The highest BCUT2D eigenvalue weighted by atomic mass is 32.2. The van der Waals surface area contributed by atoms with E-state index in [1.807, 2.05) is 18.4 Å². The SMILES string of the molecule is CSc1cc(C=O)ccc1OC1CC1. The lowest BCUT2D eigenvalue weighted by atomic mass is 10.2. The summed E-state index contributed by atoms with van der Waals surface area (Å²) in [6.45, 7) is 0. The molecule has 0 aliphatic heterocycles. The number of hydrogen-bond donors (Lipinski definition) is 0. The minimum absolute atomic E-state index is 0.406. The van der Waals surface area contributed by atoms with E-state index in [2.05, 4.69) is 0 Å². The first-order chi connectivity index (χ1) is 6.83. The number of benzene rings is 1. The van der Waals surface area contributed by atoms with Gasteiger partial charge >= 0.3 is 0 Å². The van der Waals surface area contributed by atoms with Gasteiger partial charge in [0.15, 0.2) is 0 Å². The smallest absolute Gasteiger partial charge is 0.150 e. The van der Waals surface area contributed by atoms with Crippen molar-refractivity contribution in [3.05, 3.63) is 23.8 Å². The van der Waals surface area contributed by atoms with E-state index in [-0.39, 0.29) is 0 Å². The quantitative estimate of drug-likeness (QED) is 0.562. The first kappa shape index (κ1) is 9.59. The Kier molecular flexibility index (Phi) is 2.77. The van der Waals surface area contributed by atoms with Crippen LogP contribution in [0.15, 0.2) is 23.1 Å². The lowest BCUT2D eigenvalue weighted by molar-refractivity contribution is 0.112. The molecule has 0 unspecified atom stereocenters. The van der Waals surface area contributed by atoms with Gasteiger partial charge in [0, 0.05) is 10.5 Å². The minimum atomic E-state index is 0.406. The van der Waals surface area contributed by atoms with Crippen LogP contribution in [0.5, 0.6) is 5.75 Å². The number of hydrogen-bond acceptors (Lipinski definition) is 3. The first-order valence-corrected chi connectivity index (χ1v) is 5.86. The number of carbonyl (C=O) groups excluding carboxylic acids is 1. The van der Waals surface area contributed by atoms with Crippen molar-refractivity contribution in [2.24, 2.45) is 0 Å². The molecule has 0 heterocycles. The van der Waals surface area contributed by atoms with Gasteiger partial charge in [-0.15, -0.1) is 11.8 Å². The molecular formula is C11H12O2S. The lowest BCUT2D eigenvalue weighted by Crippen LogP contribution is -1.97. The maximum Gasteiger partial charge on any atom is 0.150 e. The Labute approximate surface area is 87.6 Å². The number of thioether (sulfide) groups is 1. The Morgan fingerprint density at radius 2 is 2.29 bits per heavy atom. The summed E-state index contributed by atoms with van der Waals surface area (Å²) in [6.07, 6.45) is 5.57. The van der Waals surface area contributed by atoms with E-state index < -0.39 is 0 Å². The van der Waals surface area contributed by atoms with Gasteiger partial charge in [0.1, 0.15) is 12.0 Å². The van der Waals surface area contributed by atoms with Gasteiger partial charge in [0.25, 0.3) is 0 Å². The average Bonchev–Trinajstić information content (AvgIpc) is 3.02. The maximum absolute atomic E-state index is 10.6. The van der Waals surface area contributed by atoms with Crippen molar-refractivity contribution < 1.29 is 9.53 Å². The molecule has 2 nitrogen and oxygen atoms in total. The molecule has 1 saturated carbocycles. The van der Waals surface area contributed by atoms with Crippen molar-refractivity contribution in [3.63, 3.8) is 0 Å². The third-order valence-corrected chi connectivity index (χ3v) is 2.90. The summed E-state index contributed by atoms with van der Waals surface area (Å²) in [4.78, 5) is 11.6. The van der Waals surface area contributed by atoms with Crippen LogP contribution in [0.2, 0.25) is 0 Å². The van der Waals surface area contributed by atoms with Crippen LogP contribution in [0, 0.1) is 0 Å². The molecule has 2 rings (SSSR count). The van der Waals surface area contributed by atoms with E-state index in [0.717, 1.165) is 29.8 Å². The summed E-state index contributed by atoms with van der Waals surface area (Å²) >= 11 is 1.61. The maximum atomic E-state index is 10.6. The topological polar surface area (TPSA) is 26.3 Å². The predicted octanol–water partition coefficient (Wildman–Crippen LogP) is 2.76. The van der Waals surface area contributed by atoms with Gasteiger partial charge < -0.3 is 4.74 Å². The second kappa shape index (κ2) is 4.05. The van der Waals surface area contributed by atoms with Gasteiger partial charge in [-0.05, 0) is 37.3 Å². The summed E-state index contributed by atoms with van der Waals surface area (Å²) in [5.41, 5.74) is 0.706. The summed E-state index contributed by atoms with van der Waals surface area (Å²) in [7, 11) is 0. The van der Waals surface area contributed by atoms with Crippen molar-refractivity contribution in [3.8, 4) is 5.75 Å². The zero-order valence-electron chi connectivity index (χ0n) is 8.03. The highest BCUT2D eigenvalue weighted by Crippen LogP contribution is 2.33. The second-order valence-corrected chi connectivity index (χ2v) is 4.19. The van der Waals surface area contributed by atoms with Gasteiger partial charge in [-0.3, -0.25) is 4.79 Å². The summed E-state index contributed by atoms with van der Waals surface area (Å²) < 4.78 is 5.71. The zero-order valence-corrected chi connectivity index (χ0v) is 8.84. The average molecular weight is 208 g/mol. The molecule has 1 aliphatic carbocycles. The van der Waals surface area contributed by atoms with Gasteiger partial charge in [-0.25, -0.2) is 0 Å². The van der Waals surface area contributed by atoms with E-state index >= 15 is 0 Å². The molecule has 0 amide bonds. The molecule has 3 heteroatoms. The van der Waals surface area contributed by atoms with Crippen LogP contribution in [0.1, 0.15) is 23.2 Å². The van der Waals surface area contributed by atoms with Crippen LogP contribution in [0.4, 0.5) is 0 Å². The zero-order chi connectivity index (χ0) is 9.97. The summed E-state index contributed by atoms with van der Waals surface area (Å²) in [5, 5.41) is 0. The van der Waals surface area contributed by atoms with Crippen molar-refractivity contribution in [1.29, 1.82) is 0 Å². The van der Waals surface area contributed by atoms with Crippen LogP contribution in [-0.2, 0) is 0 Å². The monoisotopic (exact) mass is 208 g/mol. The molecule has 0 spiro atoms. The normalized spacial score (nSPS) is 15.2. The molecule has 14 heavy (non-hydrogen) atoms. The van der Waals surface area contributed by atoms with E-state index in [1.54, 1.807) is 17.8 Å². The third kappa shape index (κ3) is 2.10. The molecule has 1 aliphatic rings. The van der Waals surface area contributed by atoms with Gasteiger partial charge in [-0.1, -0.05) is 0 Å². The fourth-order valence-electron chi connectivity index (χ4n) is 1.22. The Balaban J connectivity index is 2.23. The van der Waals surface area contributed by atoms with E-state index in [0.29, 0.717) is 11.7 Å². The molecule has 0 N–H and O–H groups in total. The van der Waals surface area contributed by atoms with Crippen molar-refractivity contribution >= 4 is 18.0 Å². The molecule has 0 aromatic heterocycles. The summed E-state index contributed by atoms with van der Waals surface area (Å²) in [5.74, 6) is 0.908. The Hall–Kier alpha value is -0.960. The van der Waals surface area contributed by atoms with Gasteiger partial charge in [0.2, 0.25) is 0 Å². The molecule has 0 bridgehead atoms. The number of carbonyl (C=O) groups is 1. The van der Waals surface area contributed by atoms with Crippen LogP contribution in [0.25, 0.3) is 0 Å². The van der Waals surface area contributed by atoms with Crippen LogP contribution >= 0.6 is 11.8 Å². The van der Waals surface area contributed by atoms with Crippen LogP contribution in [-0.4, -0.2) is 18.6 Å². The number of aldehydes is 1. The van der Waals surface area contributed by atoms with Crippen molar-refractivity contribution in [1.82, 2.24) is 0 Å². The number of ether oxygens (including phenoxy) is 1. The standard InChI is InChI=1S/C11H12O2S/c1-14-11-6-8(7-12)2-5-10(11)13-9-3-4-9/h2,5-7,9H,3-4H2,1H3. The highest BCUT2D eigenvalue weighted by molar-refractivity contribution is 7.98. The van der Waals surface area contributed by atoms with Gasteiger partial charge in [-0.2, -0.15) is 0 Å². The molecule has 0 radical (unpaired) electrons. The van der Waals surface area contributed by atoms with Crippen LogP contribution in [0.3, 0.4) is 0 Å². The van der Waals surface area contributed by atoms with Gasteiger partial charge in [0.05, 0.1) is 6.10 Å². The molecule has 0 saturated heterocycles. The van der Waals surface area contributed by atoms with Crippen LogP contribution < -0.4 is 4.74 Å². The Morgan fingerprint density at radius 1 is 1.50 bits per heavy atom. The molecule has 1 aromatic rings. The molecule has 1 fully saturated rings. The Morgan fingerprint density at radius 3 is 2.86 bits per heavy atom. The van der Waals surface area contributed by atoms with E-state index in [1.165, 1.54) is 0 Å². The van der Waals surface area contributed by atoms with Crippen molar-refractivity contribution in [2.45, 2.75) is 23.8 Å². The first-order valence-electron chi connectivity index (χ1n) is 4.63. The Bertz CT molecular complexity index is 345. The fourth-order valence-corrected chi connectivity index (χ4v) is 1.79. The molecule has 0 atom stereocenters. The minimum Gasteiger partial charge on any atom is -0.489 e. The second-order valence-electron chi connectivity index (χ2n) is 3.35. The molecule has 74 valence electrons. The summed E-state index contributed by atoms with van der Waals surface area (Å²) in [6, 6.07) is 5.55. The largest absolute Gasteiger partial charge is 0.489 e. The van der Waals surface area contributed by atoms with Crippen molar-refractivity contribution in [2.75, 3.05) is 6.26 Å². The highest BCUT2D eigenvalue weighted by Gasteiger charge is 2.24. The molecular weight excluding hydrogens is 196 g/mol. The van der Waals surface area contributed by atoms with E-state index in [9.17, 15) is 4.79 Å². The lowest BCUT2D eigenvalue weighted by Gasteiger charge is -2.09. The van der Waals surface area contributed by atoms with E-state index in [4.69, 9.17) is 4.74 Å².